The second kappa shape index (κ2) is 5.90. The Morgan fingerprint density at radius 3 is 2.53 bits per heavy atom. The first-order chi connectivity index (χ1) is 9.02. The number of hydrogen-bond donors (Lipinski definition) is 2. The largest absolute Gasteiger partial charge is 0.368 e. The van der Waals surface area contributed by atoms with E-state index in [0.717, 1.165) is 31.7 Å². The summed E-state index contributed by atoms with van der Waals surface area (Å²) in [6, 6.07) is 7.28. The van der Waals surface area contributed by atoms with Crippen molar-refractivity contribution in [2.24, 2.45) is 5.14 Å². The summed E-state index contributed by atoms with van der Waals surface area (Å²) in [6.45, 7) is 5.08. The van der Waals surface area contributed by atoms with Crippen molar-refractivity contribution in [3.8, 4) is 0 Å². The second-order valence-electron chi connectivity index (χ2n) is 4.83. The molecule has 3 N–H and O–H groups in total. The van der Waals surface area contributed by atoms with E-state index in [0.29, 0.717) is 6.04 Å². The van der Waals surface area contributed by atoms with Crippen LogP contribution in [0.1, 0.15) is 19.8 Å². The lowest BCUT2D eigenvalue weighted by Crippen LogP contribution is -2.46. The van der Waals surface area contributed by atoms with Crippen LogP contribution in [0.3, 0.4) is 0 Å². The minimum absolute atomic E-state index is 0.161. The standard InChI is InChI=1S/C13H21N3O2S/c1-2-16(12-4-3-9-15-10-12)11-5-7-13(8-6-11)19(14,17)18/h5-8,12,15H,2-4,9-10H2,1H3,(H2,14,17,18). The third-order valence-electron chi connectivity index (χ3n) is 3.55. The first kappa shape index (κ1) is 14.3. The fourth-order valence-corrected chi connectivity index (χ4v) is 3.09. The Hall–Kier alpha value is -1.11. The third-order valence-corrected chi connectivity index (χ3v) is 4.48. The fourth-order valence-electron chi connectivity index (χ4n) is 2.58. The monoisotopic (exact) mass is 283 g/mol. The summed E-state index contributed by atoms with van der Waals surface area (Å²) >= 11 is 0. The molecule has 1 heterocycles. The zero-order chi connectivity index (χ0) is 13.9. The van der Waals surface area contributed by atoms with E-state index in [4.69, 9.17) is 5.14 Å². The lowest BCUT2D eigenvalue weighted by molar-refractivity contribution is 0.435. The highest BCUT2D eigenvalue weighted by Crippen LogP contribution is 2.22. The van der Waals surface area contributed by atoms with Crippen LogP contribution in [0.4, 0.5) is 5.69 Å². The Balaban J connectivity index is 2.19. The maximum Gasteiger partial charge on any atom is 0.238 e. The van der Waals surface area contributed by atoms with Gasteiger partial charge in [-0.1, -0.05) is 0 Å². The van der Waals surface area contributed by atoms with Crippen LogP contribution in [0.5, 0.6) is 0 Å². The summed E-state index contributed by atoms with van der Waals surface area (Å²) in [5, 5.41) is 8.50. The number of hydrogen-bond acceptors (Lipinski definition) is 4. The molecule has 0 radical (unpaired) electrons. The van der Waals surface area contributed by atoms with Gasteiger partial charge >= 0.3 is 0 Å². The Kier molecular flexibility index (Phi) is 4.44. The number of nitrogens with two attached hydrogens (primary N) is 1. The molecule has 1 aliphatic heterocycles. The van der Waals surface area contributed by atoms with Gasteiger partial charge in [-0.25, -0.2) is 13.6 Å². The fraction of sp³-hybridized carbons (Fsp3) is 0.538. The van der Waals surface area contributed by atoms with Crippen molar-refractivity contribution < 1.29 is 8.42 Å². The van der Waals surface area contributed by atoms with E-state index in [1.807, 2.05) is 12.1 Å². The molecule has 0 saturated carbocycles. The zero-order valence-electron chi connectivity index (χ0n) is 11.2. The Morgan fingerprint density at radius 2 is 2.05 bits per heavy atom. The molecular formula is C13H21N3O2S. The van der Waals surface area contributed by atoms with Crippen molar-refractivity contribution in [3.05, 3.63) is 24.3 Å². The number of piperidine rings is 1. The predicted molar refractivity (Wildman–Crippen MR) is 76.7 cm³/mol. The van der Waals surface area contributed by atoms with Gasteiger partial charge in [-0.2, -0.15) is 0 Å². The van der Waals surface area contributed by atoms with Crippen molar-refractivity contribution in [3.63, 3.8) is 0 Å². The van der Waals surface area contributed by atoms with Gasteiger partial charge in [-0.05, 0) is 50.6 Å². The van der Waals surface area contributed by atoms with Gasteiger partial charge in [0.25, 0.3) is 0 Å². The van der Waals surface area contributed by atoms with Crippen LogP contribution in [0.15, 0.2) is 29.2 Å². The van der Waals surface area contributed by atoms with Crippen LogP contribution in [0.25, 0.3) is 0 Å². The minimum atomic E-state index is -3.61. The Bertz CT molecular complexity index is 507. The molecule has 1 atom stereocenters. The summed E-state index contributed by atoms with van der Waals surface area (Å²) in [5.74, 6) is 0. The maximum atomic E-state index is 11.2. The molecule has 5 nitrogen and oxygen atoms in total. The molecule has 1 aliphatic rings. The minimum Gasteiger partial charge on any atom is -0.368 e. The molecule has 0 aliphatic carbocycles. The SMILES string of the molecule is CCN(c1ccc(S(N)(=O)=O)cc1)C1CCCNC1. The lowest BCUT2D eigenvalue weighted by Gasteiger charge is -2.35. The van der Waals surface area contributed by atoms with Crippen molar-refractivity contribution in [2.45, 2.75) is 30.7 Å². The van der Waals surface area contributed by atoms with E-state index >= 15 is 0 Å². The summed E-state index contributed by atoms with van der Waals surface area (Å²) in [6.07, 6.45) is 2.34. The smallest absolute Gasteiger partial charge is 0.238 e. The van der Waals surface area contributed by atoms with Gasteiger partial charge in [0.2, 0.25) is 10.0 Å². The van der Waals surface area contributed by atoms with Gasteiger partial charge in [0.1, 0.15) is 0 Å². The number of anilines is 1. The van der Waals surface area contributed by atoms with Crippen molar-refractivity contribution in [2.75, 3.05) is 24.5 Å². The van der Waals surface area contributed by atoms with Crippen molar-refractivity contribution >= 4 is 15.7 Å². The van der Waals surface area contributed by atoms with E-state index in [1.165, 1.54) is 6.42 Å². The van der Waals surface area contributed by atoms with Crippen LogP contribution in [0, 0.1) is 0 Å². The highest BCUT2D eigenvalue weighted by atomic mass is 32.2. The molecule has 2 rings (SSSR count). The van der Waals surface area contributed by atoms with Gasteiger partial charge in [0.15, 0.2) is 0 Å². The summed E-state index contributed by atoms with van der Waals surface area (Å²) in [4.78, 5) is 2.47. The molecule has 1 aromatic carbocycles. The third kappa shape index (κ3) is 3.46. The van der Waals surface area contributed by atoms with Crippen molar-refractivity contribution in [1.82, 2.24) is 5.32 Å². The van der Waals surface area contributed by atoms with E-state index in [2.05, 4.69) is 17.1 Å². The molecule has 1 saturated heterocycles. The van der Waals surface area contributed by atoms with Crippen LogP contribution in [0.2, 0.25) is 0 Å². The Morgan fingerprint density at radius 1 is 1.37 bits per heavy atom. The van der Waals surface area contributed by atoms with Crippen LogP contribution in [-0.2, 0) is 10.0 Å². The number of nitrogens with one attached hydrogen (secondary N) is 1. The molecule has 0 aromatic heterocycles. The van der Waals surface area contributed by atoms with Crippen LogP contribution < -0.4 is 15.4 Å². The van der Waals surface area contributed by atoms with Crippen LogP contribution >= 0.6 is 0 Å². The molecule has 0 bridgehead atoms. The first-order valence-electron chi connectivity index (χ1n) is 6.62. The molecule has 0 spiro atoms. The van der Waals surface area contributed by atoms with Gasteiger partial charge in [-0.3, -0.25) is 0 Å². The van der Waals surface area contributed by atoms with E-state index in [9.17, 15) is 8.42 Å². The molecule has 1 aromatic rings. The number of nitrogens with zero attached hydrogens (tertiary/aromatic N) is 1. The molecular weight excluding hydrogens is 262 g/mol. The Labute approximate surface area is 114 Å². The molecule has 1 unspecified atom stereocenters. The van der Waals surface area contributed by atoms with E-state index in [1.54, 1.807) is 12.1 Å². The first-order valence-corrected chi connectivity index (χ1v) is 8.17. The average molecular weight is 283 g/mol. The van der Waals surface area contributed by atoms with Gasteiger partial charge < -0.3 is 10.2 Å². The molecule has 6 heteroatoms. The lowest BCUT2D eigenvalue weighted by atomic mass is 10.1. The predicted octanol–water partition coefficient (Wildman–Crippen LogP) is 0.912. The normalized spacial score (nSPS) is 20.2. The number of sulfonamides is 1. The highest BCUT2D eigenvalue weighted by molar-refractivity contribution is 7.89. The van der Waals surface area contributed by atoms with Crippen molar-refractivity contribution in [1.29, 1.82) is 0 Å². The van der Waals surface area contributed by atoms with Gasteiger partial charge in [0, 0.05) is 24.8 Å². The quantitative estimate of drug-likeness (QED) is 0.861. The molecule has 19 heavy (non-hydrogen) atoms. The molecule has 0 amide bonds. The number of rotatable bonds is 4. The summed E-state index contributed by atoms with van der Waals surface area (Å²) in [5.41, 5.74) is 1.05. The molecule has 106 valence electrons. The summed E-state index contributed by atoms with van der Waals surface area (Å²) < 4.78 is 22.5. The van der Waals surface area contributed by atoms with Gasteiger partial charge in [0.05, 0.1) is 4.90 Å². The number of primary sulfonamides is 1. The maximum absolute atomic E-state index is 11.2. The molecule has 1 fully saturated rings. The van der Waals surface area contributed by atoms with Gasteiger partial charge in [-0.15, -0.1) is 0 Å². The van der Waals surface area contributed by atoms with Crippen LogP contribution in [-0.4, -0.2) is 34.1 Å². The topological polar surface area (TPSA) is 75.4 Å². The van der Waals surface area contributed by atoms with E-state index in [-0.39, 0.29) is 4.90 Å². The zero-order valence-corrected chi connectivity index (χ0v) is 12.0. The number of likely N-dealkylation sites (N-methyl/N-ethyl adjacent to an activating group) is 1. The summed E-state index contributed by atoms with van der Waals surface area (Å²) in [7, 11) is -3.61. The second-order valence-corrected chi connectivity index (χ2v) is 6.39. The van der Waals surface area contributed by atoms with E-state index < -0.39 is 10.0 Å². The number of benzene rings is 1. The average Bonchev–Trinajstić information content (AvgIpc) is 2.40. The highest BCUT2D eigenvalue weighted by Gasteiger charge is 2.20.